The van der Waals surface area contributed by atoms with E-state index in [1.165, 1.54) is 0 Å². The van der Waals surface area contributed by atoms with E-state index in [9.17, 15) is 31.1 Å². The van der Waals surface area contributed by atoms with Crippen molar-refractivity contribution in [2.75, 3.05) is 0 Å². The maximum atomic E-state index is 13.0. The lowest BCUT2D eigenvalue weighted by atomic mass is 10.1. The first-order chi connectivity index (χ1) is 7.82. The molecule has 0 atom stereocenters. The van der Waals surface area contributed by atoms with Gasteiger partial charge in [-0.2, -0.15) is 0 Å². The van der Waals surface area contributed by atoms with E-state index < -0.39 is 52.5 Å². The third-order valence-corrected chi connectivity index (χ3v) is 1.82. The van der Waals surface area contributed by atoms with Crippen LogP contribution in [0, 0.1) is 29.1 Å². The first-order valence-corrected chi connectivity index (χ1v) is 3.88. The molecule has 1 aromatic rings. The Morgan fingerprint density at radius 3 is 1.53 bits per heavy atom. The summed E-state index contributed by atoms with van der Waals surface area (Å²) < 4.78 is 76.0. The predicted molar refractivity (Wildman–Crippen MR) is 43.0 cm³/mol. The topological polar surface area (TPSA) is 37.3 Å². The fourth-order valence-electron chi connectivity index (χ4n) is 1.05. The van der Waals surface area contributed by atoms with Crippen molar-refractivity contribution < 1.29 is 36.2 Å². The molecule has 1 N–H and O–H groups in total. The van der Waals surface area contributed by atoms with Gasteiger partial charge in [-0.1, -0.05) is 0 Å². The molecule has 1 rings (SSSR count). The fraction of sp³-hybridized carbons (Fsp3) is 0. The minimum Gasteiger partial charge on any atom is -0.478 e. The lowest BCUT2D eigenvalue weighted by Gasteiger charge is -2.07. The Hall–Kier alpha value is -1.99. The van der Waals surface area contributed by atoms with Gasteiger partial charge in [0.05, 0.1) is 5.56 Å². The lowest BCUT2D eigenvalue weighted by molar-refractivity contribution is -0.130. The van der Waals surface area contributed by atoms with Crippen molar-refractivity contribution in [1.29, 1.82) is 0 Å². The van der Waals surface area contributed by atoms with Crippen LogP contribution in [0.15, 0.2) is 6.33 Å². The zero-order valence-electron chi connectivity index (χ0n) is 7.70. The minimum atomic E-state index is -2.45. The normalized spacial score (nSPS) is 11.8. The Kier molecular flexibility index (Phi) is 3.45. The third kappa shape index (κ3) is 1.97. The standard InChI is InChI=1S/C9H2F6O2/c10-1-2(9(16)17)3-4(11)6(13)8(15)7(14)5(3)12/h1H,(H,16,17). The van der Waals surface area contributed by atoms with Crippen molar-refractivity contribution in [3.05, 3.63) is 41.0 Å². The molecular formula is C9H2F6O2. The summed E-state index contributed by atoms with van der Waals surface area (Å²) in [5.74, 6) is -14.1. The Labute approximate surface area is 89.8 Å². The number of hydrogen-bond acceptors (Lipinski definition) is 1. The van der Waals surface area contributed by atoms with E-state index in [0.717, 1.165) is 0 Å². The van der Waals surface area contributed by atoms with Crippen LogP contribution in [-0.4, -0.2) is 11.1 Å². The van der Waals surface area contributed by atoms with Gasteiger partial charge < -0.3 is 5.11 Å². The van der Waals surface area contributed by atoms with Gasteiger partial charge in [-0.25, -0.2) is 31.1 Å². The highest BCUT2D eigenvalue weighted by atomic mass is 19.2. The Morgan fingerprint density at radius 1 is 0.882 bits per heavy atom. The molecule has 0 aliphatic carbocycles. The fourth-order valence-corrected chi connectivity index (χ4v) is 1.05. The van der Waals surface area contributed by atoms with Crippen molar-refractivity contribution in [1.82, 2.24) is 0 Å². The van der Waals surface area contributed by atoms with Crippen LogP contribution in [0.5, 0.6) is 0 Å². The molecule has 0 aliphatic heterocycles. The predicted octanol–water partition coefficient (Wildman–Crippen LogP) is 2.78. The van der Waals surface area contributed by atoms with Crippen molar-refractivity contribution >= 4 is 11.5 Å². The average molecular weight is 256 g/mol. The van der Waals surface area contributed by atoms with Gasteiger partial charge in [-0.15, -0.1) is 0 Å². The molecule has 0 radical (unpaired) electrons. The largest absolute Gasteiger partial charge is 0.478 e. The first kappa shape index (κ1) is 13.1. The number of benzene rings is 1. The van der Waals surface area contributed by atoms with Gasteiger partial charge >= 0.3 is 5.97 Å². The van der Waals surface area contributed by atoms with Crippen LogP contribution in [0.3, 0.4) is 0 Å². The van der Waals surface area contributed by atoms with Crippen molar-refractivity contribution in [2.45, 2.75) is 0 Å². The van der Waals surface area contributed by atoms with Gasteiger partial charge in [0.15, 0.2) is 23.3 Å². The summed E-state index contributed by atoms with van der Waals surface area (Å²) in [5, 5.41) is 8.35. The zero-order chi connectivity index (χ0) is 13.3. The molecule has 0 bridgehead atoms. The van der Waals surface area contributed by atoms with Crippen LogP contribution in [0.1, 0.15) is 5.56 Å². The molecule has 0 aromatic heterocycles. The number of halogens is 6. The maximum Gasteiger partial charge on any atom is 0.338 e. The van der Waals surface area contributed by atoms with Crippen molar-refractivity contribution in [3.63, 3.8) is 0 Å². The number of carbonyl (C=O) groups is 1. The van der Waals surface area contributed by atoms with Crippen LogP contribution >= 0.6 is 0 Å². The second-order valence-corrected chi connectivity index (χ2v) is 2.77. The highest BCUT2D eigenvalue weighted by Crippen LogP contribution is 2.28. The van der Waals surface area contributed by atoms with E-state index in [-0.39, 0.29) is 0 Å². The number of hydrogen-bond donors (Lipinski definition) is 1. The molecule has 0 spiro atoms. The van der Waals surface area contributed by atoms with Crippen LogP contribution in [-0.2, 0) is 4.79 Å². The molecule has 1 aromatic carbocycles. The van der Waals surface area contributed by atoms with Gasteiger partial charge in [0, 0.05) is 0 Å². The molecule has 0 aliphatic rings. The number of carboxylic acids is 1. The highest BCUT2D eigenvalue weighted by molar-refractivity contribution is 6.15. The van der Waals surface area contributed by atoms with Gasteiger partial charge in [-0.3, -0.25) is 0 Å². The van der Waals surface area contributed by atoms with Crippen LogP contribution in [0.2, 0.25) is 0 Å². The molecule has 8 heteroatoms. The zero-order valence-corrected chi connectivity index (χ0v) is 7.70. The summed E-state index contributed by atoms with van der Waals surface area (Å²) in [5.41, 5.74) is -3.49. The van der Waals surface area contributed by atoms with Gasteiger partial charge in [0.1, 0.15) is 11.9 Å². The maximum absolute atomic E-state index is 13.0. The summed E-state index contributed by atoms with van der Waals surface area (Å²) in [6.45, 7) is 0. The number of aliphatic carboxylic acids is 1. The molecule has 0 saturated carbocycles. The smallest absolute Gasteiger partial charge is 0.338 e. The second kappa shape index (κ2) is 4.48. The SMILES string of the molecule is O=C(O)C(=CF)c1c(F)c(F)c(F)c(F)c1F. The summed E-state index contributed by atoms with van der Waals surface area (Å²) >= 11 is 0. The first-order valence-electron chi connectivity index (χ1n) is 3.88. The van der Waals surface area contributed by atoms with Crippen molar-refractivity contribution in [3.8, 4) is 0 Å². The monoisotopic (exact) mass is 256 g/mol. The molecule has 2 nitrogen and oxygen atoms in total. The molecule has 0 unspecified atom stereocenters. The summed E-state index contributed by atoms with van der Waals surface area (Å²) in [4.78, 5) is 10.4. The average Bonchev–Trinajstić information content (AvgIpc) is 2.29. The minimum absolute atomic E-state index is 0.763. The van der Waals surface area contributed by atoms with Gasteiger partial charge in [0.25, 0.3) is 0 Å². The summed E-state index contributed by atoms with van der Waals surface area (Å²) in [7, 11) is 0. The Morgan fingerprint density at radius 2 is 1.24 bits per heavy atom. The molecule has 0 heterocycles. The quantitative estimate of drug-likeness (QED) is 0.382. The number of carboxylic acid groups (broad SMARTS) is 1. The van der Waals surface area contributed by atoms with Crippen LogP contribution < -0.4 is 0 Å². The molecule has 17 heavy (non-hydrogen) atoms. The Balaban J connectivity index is 3.72. The van der Waals surface area contributed by atoms with E-state index in [4.69, 9.17) is 5.11 Å². The highest BCUT2D eigenvalue weighted by Gasteiger charge is 2.30. The summed E-state index contributed by atoms with van der Waals surface area (Å²) in [6, 6.07) is 0. The molecular weight excluding hydrogens is 254 g/mol. The van der Waals surface area contributed by atoms with E-state index in [2.05, 4.69) is 0 Å². The van der Waals surface area contributed by atoms with Crippen LogP contribution in [0.25, 0.3) is 5.57 Å². The second-order valence-electron chi connectivity index (χ2n) is 2.77. The molecule has 0 amide bonds. The van der Waals surface area contributed by atoms with Crippen molar-refractivity contribution in [2.24, 2.45) is 0 Å². The molecule has 0 saturated heterocycles. The van der Waals surface area contributed by atoms with Gasteiger partial charge in [0.2, 0.25) is 5.82 Å². The molecule has 92 valence electrons. The van der Waals surface area contributed by atoms with E-state index >= 15 is 0 Å². The number of rotatable bonds is 2. The van der Waals surface area contributed by atoms with Crippen LogP contribution in [0.4, 0.5) is 26.3 Å². The molecule has 0 fully saturated rings. The van der Waals surface area contributed by atoms with Gasteiger partial charge in [-0.05, 0) is 0 Å². The van der Waals surface area contributed by atoms with E-state index in [0.29, 0.717) is 0 Å². The third-order valence-electron chi connectivity index (χ3n) is 1.82. The lowest BCUT2D eigenvalue weighted by Crippen LogP contribution is -2.10. The van der Waals surface area contributed by atoms with E-state index in [1.54, 1.807) is 0 Å². The van der Waals surface area contributed by atoms with E-state index in [1.807, 2.05) is 0 Å². The Bertz CT molecular complexity index is 494. The summed E-state index contributed by atoms with van der Waals surface area (Å²) in [6.07, 6.45) is -0.763.